The fraction of sp³-hybridized carbons (Fsp3) is 0.238. The summed E-state index contributed by atoms with van der Waals surface area (Å²) in [5.74, 6) is -0.536. The number of carbonyl (C=O) groups is 2. The van der Waals surface area contributed by atoms with E-state index in [0.29, 0.717) is 23.4 Å². The predicted octanol–water partition coefficient (Wildman–Crippen LogP) is 3.70. The van der Waals surface area contributed by atoms with Crippen LogP contribution in [-0.2, 0) is 16.1 Å². The number of non-ortho nitro benzene ring substituents is 1. The van der Waals surface area contributed by atoms with Crippen molar-refractivity contribution in [1.29, 1.82) is 0 Å². The summed E-state index contributed by atoms with van der Waals surface area (Å²) in [7, 11) is 0. The number of hydrogen-bond acceptors (Lipinski definition) is 5. The quantitative estimate of drug-likeness (QED) is 0.456. The molecule has 2 aromatic rings. The number of rotatable bonds is 6. The van der Waals surface area contributed by atoms with Crippen LogP contribution in [0.15, 0.2) is 65.9 Å². The Morgan fingerprint density at radius 2 is 1.83 bits per heavy atom. The van der Waals surface area contributed by atoms with Crippen LogP contribution in [0.1, 0.15) is 31.0 Å². The number of amides is 2. The minimum atomic E-state index is -0.755. The molecule has 0 aliphatic carbocycles. The van der Waals surface area contributed by atoms with E-state index in [1.54, 1.807) is 13.8 Å². The third-order valence-electron chi connectivity index (χ3n) is 4.71. The van der Waals surface area contributed by atoms with Crippen molar-refractivity contribution in [2.75, 3.05) is 6.61 Å². The summed E-state index contributed by atoms with van der Waals surface area (Å²) >= 11 is 0. The number of allylic oxidation sites excluding steroid dienone is 1. The number of hydrogen-bond donors (Lipinski definition) is 1. The largest absolute Gasteiger partial charge is 0.463 e. The molecule has 0 aromatic heterocycles. The van der Waals surface area contributed by atoms with Gasteiger partial charge in [-0.2, -0.15) is 0 Å². The van der Waals surface area contributed by atoms with E-state index in [1.807, 2.05) is 30.3 Å². The Balaban J connectivity index is 2.01. The van der Waals surface area contributed by atoms with Crippen LogP contribution in [-0.4, -0.2) is 28.4 Å². The Hall–Kier alpha value is -3.68. The minimum Gasteiger partial charge on any atom is -0.463 e. The Morgan fingerprint density at radius 1 is 1.17 bits per heavy atom. The highest BCUT2D eigenvalue weighted by Gasteiger charge is 2.36. The van der Waals surface area contributed by atoms with Gasteiger partial charge in [-0.25, -0.2) is 9.59 Å². The third kappa shape index (κ3) is 4.26. The minimum absolute atomic E-state index is 0.0695. The van der Waals surface area contributed by atoms with Gasteiger partial charge in [-0.15, -0.1) is 0 Å². The average molecular weight is 395 g/mol. The molecule has 2 amide bonds. The van der Waals surface area contributed by atoms with Crippen molar-refractivity contribution >= 4 is 17.7 Å². The molecule has 1 N–H and O–H groups in total. The summed E-state index contributed by atoms with van der Waals surface area (Å²) in [6.45, 7) is 3.90. The van der Waals surface area contributed by atoms with E-state index >= 15 is 0 Å². The highest BCUT2D eigenvalue weighted by molar-refractivity contribution is 5.95. The van der Waals surface area contributed by atoms with E-state index in [2.05, 4.69) is 5.32 Å². The van der Waals surface area contributed by atoms with Crippen LogP contribution in [0, 0.1) is 10.1 Å². The molecule has 0 radical (unpaired) electrons. The van der Waals surface area contributed by atoms with E-state index in [9.17, 15) is 19.7 Å². The molecule has 150 valence electrons. The number of nitro groups is 1. The van der Waals surface area contributed by atoms with Crippen LogP contribution in [0.5, 0.6) is 0 Å². The number of esters is 1. The average Bonchev–Trinajstić information content (AvgIpc) is 2.71. The fourth-order valence-electron chi connectivity index (χ4n) is 3.25. The monoisotopic (exact) mass is 395 g/mol. The summed E-state index contributed by atoms with van der Waals surface area (Å²) in [5, 5.41) is 13.7. The molecule has 1 atom stereocenters. The van der Waals surface area contributed by atoms with Gasteiger partial charge in [0.05, 0.1) is 29.7 Å². The SMILES string of the molecule is CCOC(=O)C1=C(C)N(Cc2ccccc2)C(=O)N[C@H]1c1ccc([N+](=O)[O-])cc1. The van der Waals surface area contributed by atoms with Gasteiger partial charge in [0, 0.05) is 17.8 Å². The van der Waals surface area contributed by atoms with Gasteiger partial charge < -0.3 is 10.1 Å². The van der Waals surface area contributed by atoms with Gasteiger partial charge in [-0.1, -0.05) is 30.3 Å². The van der Waals surface area contributed by atoms with Gasteiger partial charge in [0.25, 0.3) is 5.69 Å². The van der Waals surface area contributed by atoms with Crippen LogP contribution in [0.3, 0.4) is 0 Å². The van der Waals surface area contributed by atoms with Crippen molar-refractivity contribution in [3.8, 4) is 0 Å². The smallest absolute Gasteiger partial charge is 0.338 e. The summed E-state index contributed by atoms with van der Waals surface area (Å²) in [4.78, 5) is 37.4. The maximum absolute atomic E-state index is 12.8. The lowest BCUT2D eigenvalue weighted by Crippen LogP contribution is -2.47. The lowest BCUT2D eigenvalue weighted by Gasteiger charge is -2.35. The third-order valence-corrected chi connectivity index (χ3v) is 4.71. The second-order valence-corrected chi connectivity index (χ2v) is 6.52. The van der Waals surface area contributed by atoms with E-state index in [4.69, 9.17) is 4.74 Å². The number of nitrogens with one attached hydrogen (secondary N) is 1. The van der Waals surface area contributed by atoms with E-state index in [0.717, 1.165) is 5.56 Å². The first-order valence-corrected chi connectivity index (χ1v) is 9.16. The van der Waals surface area contributed by atoms with Crippen molar-refractivity contribution in [2.45, 2.75) is 26.4 Å². The Bertz CT molecular complexity index is 954. The van der Waals surface area contributed by atoms with Crippen LogP contribution >= 0.6 is 0 Å². The Labute approximate surface area is 167 Å². The molecular formula is C21H21N3O5. The fourth-order valence-corrected chi connectivity index (χ4v) is 3.25. The van der Waals surface area contributed by atoms with Gasteiger partial charge >= 0.3 is 12.0 Å². The zero-order valence-electron chi connectivity index (χ0n) is 16.1. The van der Waals surface area contributed by atoms with Crippen molar-refractivity contribution in [3.63, 3.8) is 0 Å². The van der Waals surface area contributed by atoms with Crippen molar-refractivity contribution in [2.24, 2.45) is 0 Å². The molecule has 8 heteroatoms. The van der Waals surface area contributed by atoms with E-state index in [-0.39, 0.29) is 18.3 Å². The van der Waals surface area contributed by atoms with Gasteiger partial charge in [0.1, 0.15) is 0 Å². The molecule has 3 rings (SSSR count). The van der Waals surface area contributed by atoms with Gasteiger partial charge in [0.15, 0.2) is 0 Å². The van der Waals surface area contributed by atoms with Crippen LogP contribution in [0.25, 0.3) is 0 Å². The van der Waals surface area contributed by atoms with Gasteiger partial charge in [-0.3, -0.25) is 15.0 Å². The highest BCUT2D eigenvalue weighted by atomic mass is 16.6. The maximum Gasteiger partial charge on any atom is 0.338 e. The second kappa shape index (κ2) is 8.55. The van der Waals surface area contributed by atoms with Crippen LogP contribution in [0.4, 0.5) is 10.5 Å². The number of ether oxygens (including phenoxy) is 1. The topological polar surface area (TPSA) is 102 Å². The van der Waals surface area contributed by atoms with Crippen molar-refractivity contribution in [1.82, 2.24) is 10.2 Å². The molecule has 2 aromatic carbocycles. The molecular weight excluding hydrogens is 374 g/mol. The maximum atomic E-state index is 12.8. The molecule has 0 bridgehead atoms. The van der Waals surface area contributed by atoms with Gasteiger partial charge in [-0.05, 0) is 37.1 Å². The number of benzene rings is 2. The summed E-state index contributed by atoms with van der Waals surface area (Å²) in [6, 6.07) is 14.1. The molecule has 1 aliphatic heterocycles. The van der Waals surface area contributed by atoms with Crippen molar-refractivity contribution in [3.05, 3.63) is 87.1 Å². The molecule has 0 saturated heterocycles. The zero-order chi connectivity index (χ0) is 21.0. The molecule has 0 saturated carbocycles. The molecule has 1 aliphatic rings. The van der Waals surface area contributed by atoms with Crippen LogP contribution < -0.4 is 5.32 Å². The van der Waals surface area contributed by atoms with Gasteiger partial charge in [0.2, 0.25) is 0 Å². The number of carbonyl (C=O) groups excluding carboxylic acids is 2. The van der Waals surface area contributed by atoms with E-state index < -0.39 is 16.9 Å². The normalized spacial score (nSPS) is 16.4. The molecule has 0 unspecified atom stereocenters. The summed E-state index contributed by atoms with van der Waals surface area (Å²) in [6.07, 6.45) is 0. The zero-order valence-corrected chi connectivity index (χ0v) is 16.1. The lowest BCUT2D eigenvalue weighted by molar-refractivity contribution is -0.384. The summed E-state index contributed by atoms with van der Waals surface area (Å²) in [5.41, 5.74) is 2.19. The predicted molar refractivity (Wildman–Crippen MR) is 106 cm³/mol. The first-order valence-electron chi connectivity index (χ1n) is 9.16. The van der Waals surface area contributed by atoms with E-state index in [1.165, 1.54) is 29.2 Å². The summed E-state index contributed by atoms with van der Waals surface area (Å²) < 4.78 is 5.22. The molecule has 0 spiro atoms. The Morgan fingerprint density at radius 3 is 2.41 bits per heavy atom. The standard InChI is InChI=1S/C21H21N3O5/c1-3-29-20(25)18-14(2)23(13-15-7-5-4-6-8-15)21(26)22-19(18)16-9-11-17(12-10-16)24(27)28/h4-12,19H,3,13H2,1-2H3,(H,22,26)/t19-/m0/s1. The molecule has 0 fully saturated rings. The molecule has 29 heavy (non-hydrogen) atoms. The molecule has 8 nitrogen and oxygen atoms in total. The first kappa shape index (κ1) is 20.1. The second-order valence-electron chi connectivity index (χ2n) is 6.52. The first-order chi connectivity index (χ1) is 13.9. The van der Waals surface area contributed by atoms with Crippen molar-refractivity contribution < 1.29 is 19.2 Å². The molecule has 1 heterocycles. The number of nitrogens with zero attached hydrogens (tertiary/aromatic N) is 2. The highest BCUT2D eigenvalue weighted by Crippen LogP contribution is 2.32. The number of urea groups is 1. The number of nitro benzene ring substituents is 1. The van der Waals surface area contributed by atoms with Crippen LogP contribution in [0.2, 0.25) is 0 Å². The Kier molecular flexibility index (Phi) is 5.92. The lowest BCUT2D eigenvalue weighted by atomic mass is 9.94.